The third-order valence-electron chi connectivity index (χ3n) is 2.88. The zero-order chi connectivity index (χ0) is 14.4. The van der Waals surface area contributed by atoms with Crippen LogP contribution in [0.1, 0.15) is 29.4 Å². The van der Waals surface area contributed by atoms with Gasteiger partial charge in [0.05, 0.1) is 11.4 Å². The van der Waals surface area contributed by atoms with Crippen LogP contribution < -0.4 is 5.32 Å². The number of aryl methyl sites for hydroxylation is 1. The van der Waals surface area contributed by atoms with E-state index in [4.69, 9.17) is 4.98 Å². The molecule has 2 aromatic rings. The van der Waals surface area contributed by atoms with Crippen LogP contribution in [0.25, 0.3) is 0 Å². The Balaban J connectivity index is 2.02. The highest BCUT2D eigenvalue weighted by Gasteiger charge is 2.10. The predicted octanol–water partition coefficient (Wildman–Crippen LogP) is 4.87. The first-order valence-electron chi connectivity index (χ1n) is 6.80. The van der Waals surface area contributed by atoms with Gasteiger partial charge in [-0.05, 0) is 41.0 Å². The molecular formula is C15H19BrN2S2. The number of nitrogens with zero attached hydrogens (tertiary/aromatic N) is 1. The largest absolute Gasteiger partial charge is 0.312 e. The van der Waals surface area contributed by atoms with Crippen LogP contribution >= 0.6 is 39.0 Å². The maximum absolute atomic E-state index is 4.77. The lowest BCUT2D eigenvalue weighted by molar-refractivity contribution is 0.727. The molecule has 0 amide bonds. The molecule has 0 bridgehead atoms. The fourth-order valence-corrected chi connectivity index (χ4v) is 4.54. The number of halogens is 1. The van der Waals surface area contributed by atoms with Crippen molar-refractivity contribution in [3.63, 3.8) is 0 Å². The highest BCUT2D eigenvalue weighted by atomic mass is 79.9. The molecule has 1 N–H and O–H groups in total. The summed E-state index contributed by atoms with van der Waals surface area (Å²) in [5.74, 6) is 0.937. The average Bonchev–Trinajstić information content (AvgIpc) is 2.86. The van der Waals surface area contributed by atoms with E-state index in [9.17, 15) is 0 Å². The van der Waals surface area contributed by atoms with Crippen molar-refractivity contribution in [3.05, 3.63) is 44.3 Å². The highest BCUT2D eigenvalue weighted by Crippen LogP contribution is 2.31. The minimum absolute atomic E-state index is 0.937. The monoisotopic (exact) mass is 370 g/mol. The van der Waals surface area contributed by atoms with Crippen LogP contribution in [0.15, 0.2) is 33.6 Å². The number of rotatable bonds is 7. The second-order valence-electron chi connectivity index (χ2n) is 4.33. The van der Waals surface area contributed by atoms with Crippen LogP contribution in [0, 0.1) is 0 Å². The molecule has 1 aromatic carbocycles. The molecule has 20 heavy (non-hydrogen) atoms. The van der Waals surface area contributed by atoms with E-state index in [0.29, 0.717) is 0 Å². The van der Waals surface area contributed by atoms with Crippen LogP contribution in [0.3, 0.4) is 0 Å². The fourth-order valence-electron chi connectivity index (χ4n) is 1.85. The Bertz CT molecular complexity index is 555. The lowest BCUT2D eigenvalue weighted by atomic mass is 10.3. The van der Waals surface area contributed by atoms with Crippen LogP contribution in [-0.4, -0.2) is 11.5 Å². The van der Waals surface area contributed by atoms with Crippen molar-refractivity contribution in [1.82, 2.24) is 10.3 Å². The molecule has 1 heterocycles. The van der Waals surface area contributed by atoms with E-state index in [-0.39, 0.29) is 0 Å². The van der Waals surface area contributed by atoms with Gasteiger partial charge in [0.15, 0.2) is 0 Å². The minimum atomic E-state index is 0.937. The Morgan fingerprint density at radius 2 is 2.10 bits per heavy atom. The van der Waals surface area contributed by atoms with Gasteiger partial charge in [-0.1, -0.05) is 26.0 Å². The molecule has 0 aliphatic heterocycles. The quantitative estimate of drug-likeness (QED) is 0.703. The van der Waals surface area contributed by atoms with Crippen molar-refractivity contribution in [2.75, 3.05) is 6.54 Å². The van der Waals surface area contributed by atoms with Gasteiger partial charge in [0.1, 0.15) is 5.01 Å². The second kappa shape index (κ2) is 8.17. The summed E-state index contributed by atoms with van der Waals surface area (Å²) in [6.45, 7) is 6.25. The summed E-state index contributed by atoms with van der Waals surface area (Å²) in [6.07, 6.45) is 1.01. The zero-order valence-corrected chi connectivity index (χ0v) is 15.0. The Hall–Kier alpha value is -0.360. The second-order valence-corrected chi connectivity index (χ2v) is 7.37. The Labute approximate surface area is 137 Å². The number of benzene rings is 1. The first kappa shape index (κ1) is 16.0. The number of hydrogen-bond acceptors (Lipinski definition) is 4. The number of nitrogens with one attached hydrogen (secondary N) is 1. The van der Waals surface area contributed by atoms with Gasteiger partial charge in [0.25, 0.3) is 0 Å². The van der Waals surface area contributed by atoms with E-state index < -0.39 is 0 Å². The molecule has 0 aliphatic carbocycles. The molecule has 108 valence electrons. The molecule has 0 aliphatic rings. The Morgan fingerprint density at radius 3 is 2.80 bits per heavy atom. The van der Waals surface area contributed by atoms with E-state index >= 15 is 0 Å². The van der Waals surface area contributed by atoms with Crippen molar-refractivity contribution >= 4 is 39.0 Å². The maximum atomic E-state index is 4.77. The molecule has 5 heteroatoms. The topological polar surface area (TPSA) is 24.9 Å². The number of aromatic nitrogens is 1. The zero-order valence-electron chi connectivity index (χ0n) is 11.8. The van der Waals surface area contributed by atoms with E-state index in [1.165, 1.54) is 20.5 Å². The lowest BCUT2D eigenvalue weighted by Crippen LogP contribution is -2.11. The molecule has 0 radical (unpaired) electrons. The molecular weight excluding hydrogens is 352 g/mol. The maximum Gasteiger partial charge on any atom is 0.103 e. The fraction of sp³-hybridized carbons (Fsp3) is 0.400. The molecule has 0 fully saturated rings. The van der Waals surface area contributed by atoms with Crippen LogP contribution in [0.5, 0.6) is 0 Å². The van der Waals surface area contributed by atoms with Crippen molar-refractivity contribution in [3.8, 4) is 0 Å². The summed E-state index contributed by atoms with van der Waals surface area (Å²) in [5, 5.41) is 4.61. The number of thiazole rings is 1. The Kier molecular flexibility index (Phi) is 6.55. The van der Waals surface area contributed by atoms with Gasteiger partial charge < -0.3 is 5.32 Å². The van der Waals surface area contributed by atoms with Gasteiger partial charge in [0.2, 0.25) is 0 Å². The van der Waals surface area contributed by atoms with E-state index in [2.05, 4.69) is 53.3 Å². The molecule has 2 rings (SSSR count). The lowest BCUT2D eigenvalue weighted by Gasteiger charge is -2.01. The third kappa shape index (κ3) is 4.32. The normalized spacial score (nSPS) is 10.9. The molecule has 0 spiro atoms. The molecule has 2 nitrogen and oxygen atoms in total. The summed E-state index contributed by atoms with van der Waals surface area (Å²) in [5.41, 5.74) is 1.25. The Morgan fingerprint density at radius 1 is 1.30 bits per heavy atom. The van der Waals surface area contributed by atoms with Gasteiger partial charge in [-0.25, -0.2) is 4.98 Å². The van der Waals surface area contributed by atoms with E-state index in [1.807, 2.05) is 29.2 Å². The van der Waals surface area contributed by atoms with Crippen LogP contribution in [0.4, 0.5) is 0 Å². The molecule has 0 saturated carbocycles. The summed E-state index contributed by atoms with van der Waals surface area (Å²) < 4.78 is 1.16. The van der Waals surface area contributed by atoms with E-state index in [0.717, 1.165) is 29.7 Å². The van der Waals surface area contributed by atoms with Crippen molar-refractivity contribution < 1.29 is 0 Å². The van der Waals surface area contributed by atoms with Gasteiger partial charge in [-0.2, -0.15) is 0 Å². The van der Waals surface area contributed by atoms with Gasteiger partial charge in [-0.15, -0.1) is 23.1 Å². The first-order valence-corrected chi connectivity index (χ1v) is 9.39. The first-order chi connectivity index (χ1) is 9.74. The van der Waals surface area contributed by atoms with Crippen molar-refractivity contribution in [1.29, 1.82) is 0 Å². The van der Waals surface area contributed by atoms with Gasteiger partial charge in [0, 0.05) is 20.8 Å². The third-order valence-corrected chi connectivity index (χ3v) is 6.20. The predicted molar refractivity (Wildman–Crippen MR) is 92.6 cm³/mol. The van der Waals surface area contributed by atoms with Crippen molar-refractivity contribution in [2.24, 2.45) is 0 Å². The average molecular weight is 371 g/mol. The molecule has 0 saturated heterocycles. The standard InChI is InChI=1S/C15H19BrN2S2/c1-3-12-14(9-17-4-2)20-15(18-12)10-19-13-8-6-5-7-11(13)16/h5-8,17H,3-4,9-10H2,1-2H3. The summed E-state index contributed by atoms with van der Waals surface area (Å²) in [6, 6.07) is 8.34. The SMILES string of the molecule is CCNCc1sc(CSc2ccccc2Br)nc1CC. The van der Waals surface area contributed by atoms with E-state index in [1.54, 1.807) is 0 Å². The molecule has 0 atom stereocenters. The van der Waals surface area contributed by atoms with Crippen LogP contribution in [0.2, 0.25) is 0 Å². The van der Waals surface area contributed by atoms with Crippen molar-refractivity contribution in [2.45, 2.75) is 37.5 Å². The number of thioether (sulfide) groups is 1. The van der Waals surface area contributed by atoms with Gasteiger partial charge in [-0.3, -0.25) is 0 Å². The molecule has 1 aromatic heterocycles. The summed E-state index contributed by atoms with van der Waals surface area (Å²) >= 11 is 7.27. The number of hydrogen-bond donors (Lipinski definition) is 1. The highest BCUT2D eigenvalue weighted by molar-refractivity contribution is 9.10. The van der Waals surface area contributed by atoms with Gasteiger partial charge >= 0.3 is 0 Å². The minimum Gasteiger partial charge on any atom is -0.312 e. The summed E-state index contributed by atoms with van der Waals surface area (Å²) in [7, 11) is 0. The summed E-state index contributed by atoms with van der Waals surface area (Å²) in [4.78, 5) is 7.43. The smallest absolute Gasteiger partial charge is 0.103 e. The molecule has 0 unspecified atom stereocenters. The van der Waals surface area contributed by atoms with Crippen LogP contribution in [-0.2, 0) is 18.7 Å².